The summed E-state index contributed by atoms with van der Waals surface area (Å²) in [6.07, 6.45) is -4.78. The summed E-state index contributed by atoms with van der Waals surface area (Å²) in [5, 5.41) is 3.88. The molecule has 0 aliphatic heterocycles. The van der Waals surface area contributed by atoms with E-state index in [9.17, 15) is 17.6 Å². The zero-order chi connectivity index (χ0) is 22.5. The van der Waals surface area contributed by atoms with Gasteiger partial charge < -0.3 is 4.74 Å². The number of alkyl halides is 3. The SMILES string of the molecule is [C-]#[N+]/N=C1\c2ccccc2-c2nc3cc(Oc4ccc(C(F)(F)F)c(F)c4)ccc3nc21. The molecule has 32 heavy (non-hydrogen) atoms. The summed E-state index contributed by atoms with van der Waals surface area (Å²) in [5.74, 6) is -1.25. The van der Waals surface area contributed by atoms with Crippen LogP contribution in [0, 0.1) is 12.4 Å². The molecule has 3 aromatic carbocycles. The van der Waals surface area contributed by atoms with Gasteiger partial charge in [0.05, 0.1) is 27.4 Å². The Kier molecular flexibility index (Phi) is 4.37. The Hall–Kier alpha value is -4.32. The number of fused-ring (bicyclic) bond motifs is 4. The molecule has 0 radical (unpaired) electrons. The van der Waals surface area contributed by atoms with Gasteiger partial charge in [-0.15, -0.1) is 4.95 Å². The highest BCUT2D eigenvalue weighted by atomic mass is 19.4. The second kappa shape index (κ2) is 7.13. The molecule has 1 aliphatic rings. The zero-order valence-corrected chi connectivity index (χ0v) is 16.0. The summed E-state index contributed by atoms with van der Waals surface area (Å²) in [5.41, 5.74) is 2.66. The van der Waals surface area contributed by atoms with Crippen LogP contribution in [0.5, 0.6) is 11.5 Å². The van der Waals surface area contributed by atoms with Gasteiger partial charge in [-0.2, -0.15) is 19.7 Å². The molecule has 5 rings (SSSR count). The Labute approximate surface area is 178 Å². The molecule has 0 amide bonds. The van der Waals surface area contributed by atoms with E-state index in [1.54, 1.807) is 18.2 Å². The molecule has 0 bridgehead atoms. The van der Waals surface area contributed by atoms with E-state index in [-0.39, 0.29) is 11.5 Å². The van der Waals surface area contributed by atoms with Crippen LogP contribution >= 0.6 is 0 Å². The fourth-order valence-corrected chi connectivity index (χ4v) is 3.55. The van der Waals surface area contributed by atoms with Crippen molar-refractivity contribution >= 4 is 16.7 Å². The molecule has 4 aromatic rings. The monoisotopic (exact) mass is 434 g/mol. The molecule has 1 aromatic heterocycles. The number of ether oxygens (including phenoxy) is 1. The average molecular weight is 434 g/mol. The van der Waals surface area contributed by atoms with Crippen molar-refractivity contribution in [1.29, 1.82) is 0 Å². The average Bonchev–Trinajstić information content (AvgIpc) is 3.05. The minimum atomic E-state index is -4.78. The lowest BCUT2D eigenvalue weighted by atomic mass is 10.1. The highest BCUT2D eigenvalue weighted by molar-refractivity contribution is 6.23. The largest absolute Gasteiger partial charge is 0.457 e. The number of hydrogen-bond acceptors (Lipinski definition) is 4. The predicted molar refractivity (Wildman–Crippen MR) is 109 cm³/mol. The third kappa shape index (κ3) is 3.22. The van der Waals surface area contributed by atoms with Gasteiger partial charge in [-0.3, -0.25) is 0 Å². The summed E-state index contributed by atoms with van der Waals surface area (Å²) < 4.78 is 57.6. The lowest BCUT2D eigenvalue weighted by molar-refractivity contribution is -0.140. The fraction of sp³-hybridized carbons (Fsp3) is 0.0435. The van der Waals surface area contributed by atoms with Crippen molar-refractivity contribution in [1.82, 2.24) is 9.97 Å². The summed E-state index contributed by atoms with van der Waals surface area (Å²) in [6.45, 7) is 7.09. The molecule has 0 saturated heterocycles. The number of benzene rings is 3. The topological polar surface area (TPSA) is 51.7 Å². The maximum Gasteiger partial charge on any atom is 0.419 e. The van der Waals surface area contributed by atoms with Crippen molar-refractivity contribution in [2.45, 2.75) is 6.18 Å². The molecular formula is C23H10F4N4O. The van der Waals surface area contributed by atoms with Gasteiger partial charge in [0.1, 0.15) is 23.0 Å². The van der Waals surface area contributed by atoms with Crippen molar-refractivity contribution in [3.8, 4) is 22.8 Å². The number of nitrogens with zero attached hydrogens (tertiary/aromatic N) is 4. The van der Waals surface area contributed by atoms with Crippen LogP contribution in [0.15, 0.2) is 65.8 Å². The van der Waals surface area contributed by atoms with Gasteiger partial charge in [0.15, 0.2) is 5.71 Å². The van der Waals surface area contributed by atoms with E-state index in [1.165, 1.54) is 0 Å². The van der Waals surface area contributed by atoms with Crippen LogP contribution in [0.3, 0.4) is 0 Å². The van der Waals surface area contributed by atoms with Crippen LogP contribution in [-0.4, -0.2) is 15.7 Å². The Morgan fingerprint density at radius 1 is 0.844 bits per heavy atom. The van der Waals surface area contributed by atoms with Gasteiger partial charge in [-0.05, 0) is 24.3 Å². The van der Waals surface area contributed by atoms with E-state index >= 15 is 0 Å². The van der Waals surface area contributed by atoms with Crippen molar-refractivity contribution in [3.63, 3.8) is 0 Å². The van der Waals surface area contributed by atoms with Crippen LogP contribution in [-0.2, 0) is 6.18 Å². The quantitative estimate of drug-likeness (QED) is 0.188. The van der Waals surface area contributed by atoms with E-state index in [4.69, 9.17) is 11.3 Å². The highest BCUT2D eigenvalue weighted by Gasteiger charge is 2.34. The molecule has 0 N–H and O–H groups in total. The van der Waals surface area contributed by atoms with Gasteiger partial charge in [-0.1, -0.05) is 24.3 Å². The molecule has 1 heterocycles. The number of hydrogen-bond donors (Lipinski definition) is 0. The molecular weight excluding hydrogens is 424 g/mol. The van der Waals surface area contributed by atoms with E-state index in [2.05, 4.69) is 20.0 Å². The maximum atomic E-state index is 13.8. The molecule has 9 heteroatoms. The highest BCUT2D eigenvalue weighted by Crippen LogP contribution is 2.37. The van der Waals surface area contributed by atoms with Crippen molar-refractivity contribution in [2.75, 3.05) is 0 Å². The summed E-state index contributed by atoms with van der Waals surface area (Å²) in [4.78, 5) is 12.4. The van der Waals surface area contributed by atoms with Gasteiger partial charge in [0.25, 0.3) is 0 Å². The maximum absolute atomic E-state index is 13.8. The van der Waals surface area contributed by atoms with Crippen molar-refractivity contribution in [3.05, 3.63) is 94.8 Å². The van der Waals surface area contributed by atoms with Gasteiger partial charge in [0.2, 0.25) is 0 Å². The molecule has 0 unspecified atom stereocenters. The number of aromatic nitrogens is 2. The molecule has 0 atom stereocenters. The normalized spacial score (nSPS) is 13.7. The van der Waals surface area contributed by atoms with E-state index in [1.807, 2.05) is 24.3 Å². The van der Waals surface area contributed by atoms with Crippen LogP contribution < -0.4 is 4.74 Å². The minimum Gasteiger partial charge on any atom is -0.457 e. The van der Waals surface area contributed by atoms with Crippen molar-refractivity contribution < 1.29 is 22.3 Å². The van der Waals surface area contributed by atoms with Crippen LogP contribution in [0.2, 0.25) is 0 Å². The molecule has 0 saturated carbocycles. The smallest absolute Gasteiger partial charge is 0.419 e. The molecule has 0 fully saturated rings. The zero-order valence-electron chi connectivity index (χ0n) is 16.0. The van der Waals surface area contributed by atoms with Gasteiger partial charge in [-0.25, -0.2) is 14.4 Å². The first-order chi connectivity index (χ1) is 15.3. The first kappa shape index (κ1) is 19.6. The summed E-state index contributed by atoms with van der Waals surface area (Å²) >= 11 is 0. The number of halogens is 4. The molecule has 156 valence electrons. The Morgan fingerprint density at radius 2 is 1.53 bits per heavy atom. The van der Waals surface area contributed by atoms with E-state index in [0.29, 0.717) is 40.3 Å². The summed E-state index contributed by atoms with van der Waals surface area (Å²) in [7, 11) is 0. The second-order valence-corrected chi connectivity index (χ2v) is 6.91. The Morgan fingerprint density at radius 3 is 2.25 bits per heavy atom. The Bertz CT molecular complexity index is 1470. The second-order valence-electron chi connectivity index (χ2n) is 6.91. The van der Waals surface area contributed by atoms with E-state index in [0.717, 1.165) is 17.2 Å². The molecule has 0 spiro atoms. The first-order valence-corrected chi connectivity index (χ1v) is 9.26. The number of rotatable bonds is 2. The molecule has 1 aliphatic carbocycles. The van der Waals surface area contributed by atoms with Crippen molar-refractivity contribution in [2.24, 2.45) is 5.10 Å². The third-order valence-corrected chi connectivity index (χ3v) is 4.93. The molecule has 5 nitrogen and oxygen atoms in total. The minimum absolute atomic E-state index is 0.0826. The Balaban J connectivity index is 1.55. The summed E-state index contributed by atoms with van der Waals surface area (Å²) in [6, 6.07) is 14.5. The standard InChI is InChI=1S/C23H10F4N4O/c1-28-31-21-15-5-3-2-4-14(15)20-22(21)29-18-9-7-13(11-19(18)30-20)32-12-6-8-16(17(24)10-12)23(25,26)27/h2-11H/b31-21+. The van der Waals surface area contributed by atoms with Crippen LogP contribution in [0.4, 0.5) is 17.6 Å². The lowest BCUT2D eigenvalue weighted by Gasteiger charge is -2.11. The van der Waals surface area contributed by atoms with Gasteiger partial charge >= 0.3 is 6.18 Å². The van der Waals surface area contributed by atoms with E-state index < -0.39 is 17.6 Å². The van der Waals surface area contributed by atoms with Gasteiger partial charge in [0, 0.05) is 23.3 Å². The predicted octanol–water partition coefficient (Wildman–Crippen LogP) is 6.23. The first-order valence-electron chi connectivity index (χ1n) is 9.26. The van der Waals surface area contributed by atoms with Crippen LogP contribution in [0.25, 0.3) is 27.2 Å². The fourth-order valence-electron chi connectivity index (χ4n) is 3.55. The third-order valence-electron chi connectivity index (χ3n) is 4.93. The van der Waals surface area contributed by atoms with Crippen LogP contribution in [0.1, 0.15) is 16.8 Å². The lowest BCUT2D eigenvalue weighted by Crippen LogP contribution is -2.07.